The van der Waals surface area contributed by atoms with Crippen LogP contribution >= 0.6 is 0 Å². The van der Waals surface area contributed by atoms with Gasteiger partial charge in [-0.05, 0) is 49.8 Å². The van der Waals surface area contributed by atoms with Gasteiger partial charge in [-0.15, -0.1) is 0 Å². The maximum Gasteiger partial charge on any atom is 0.408 e. The van der Waals surface area contributed by atoms with Crippen molar-refractivity contribution in [2.45, 2.75) is 107 Å². The molecule has 0 spiro atoms. The number of ether oxygens (including phenoxy) is 2. The van der Waals surface area contributed by atoms with Gasteiger partial charge in [-0.2, -0.15) is 0 Å². The Bertz CT molecular complexity index is 1100. The van der Waals surface area contributed by atoms with Crippen LogP contribution in [0.25, 0.3) is 0 Å². The van der Waals surface area contributed by atoms with Crippen LogP contribution in [0.2, 0.25) is 0 Å². The topological polar surface area (TPSA) is 143 Å². The quantitative estimate of drug-likeness (QED) is 0.209. The van der Waals surface area contributed by atoms with Gasteiger partial charge >= 0.3 is 6.09 Å². The van der Waals surface area contributed by atoms with Crippen LogP contribution in [0.15, 0.2) is 18.2 Å². The number of alkyl carbamates (subject to hydrolysis) is 1. The largest absolute Gasteiger partial charge is 0.446 e. The van der Waals surface area contributed by atoms with Crippen LogP contribution in [-0.2, 0) is 30.5 Å². The first kappa shape index (κ1) is 34.1. The van der Waals surface area contributed by atoms with E-state index in [-0.39, 0.29) is 24.6 Å². The summed E-state index contributed by atoms with van der Waals surface area (Å²) in [7, 11) is -3.83. The van der Waals surface area contributed by atoms with Crippen LogP contribution in [-0.4, -0.2) is 86.6 Å². The number of hydrogen-bond acceptors (Lipinski definition) is 8. The predicted octanol–water partition coefficient (Wildman–Crippen LogP) is 2.76. The first-order chi connectivity index (χ1) is 20.0. The molecule has 0 bridgehead atoms. The van der Waals surface area contributed by atoms with Gasteiger partial charge in [0.1, 0.15) is 23.8 Å². The average Bonchev–Trinajstić information content (AvgIpc) is 3.75. The summed E-state index contributed by atoms with van der Waals surface area (Å²) in [6.45, 7) is 4.69. The number of sulfone groups is 1. The highest BCUT2D eigenvalue weighted by molar-refractivity contribution is 7.92. The van der Waals surface area contributed by atoms with E-state index < -0.39 is 68.8 Å². The molecule has 0 aromatic heterocycles. The average molecular weight is 618 g/mol. The highest BCUT2D eigenvalue weighted by Crippen LogP contribution is 2.20. The number of aliphatic hydroxyl groups excluding tert-OH is 1. The molecule has 1 saturated heterocycles. The number of nitrogens with one attached hydrogen (secondary N) is 3. The van der Waals surface area contributed by atoms with Gasteiger partial charge in [0.25, 0.3) is 0 Å². The predicted molar refractivity (Wildman–Crippen MR) is 154 cm³/mol. The summed E-state index contributed by atoms with van der Waals surface area (Å²) in [5.74, 6) is -3.12. The summed E-state index contributed by atoms with van der Waals surface area (Å²) >= 11 is 0. The zero-order chi connectivity index (χ0) is 30.7. The van der Waals surface area contributed by atoms with Crippen molar-refractivity contribution in [3.63, 3.8) is 0 Å². The van der Waals surface area contributed by atoms with Crippen molar-refractivity contribution in [3.05, 3.63) is 35.4 Å². The summed E-state index contributed by atoms with van der Waals surface area (Å²) in [5.41, 5.74) is 0.199. The van der Waals surface area contributed by atoms with Gasteiger partial charge in [-0.1, -0.05) is 26.7 Å². The molecule has 2 aliphatic rings. The standard InChI is InChI=1S/C29H45F2N3O7S/c1-3-5-24(6-4-2)42(38,39)18-26(34-29(37)41-23-9-11-40-12-10-23)28(36)33-25(27(35)17-32-22-7-8-22)15-19-13-20(30)16-21(31)14-19/h13-14,16,22-27,32,35H,3-12,15,17-18H2,1-2H3,(H,33,36)(H,34,37)/t25-,26?,27+/m0/s1. The van der Waals surface area contributed by atoms with Crippen LogP contribution in [0.3, 0.4) is 0 Å². The third-order valence-electron chi connectivity index (χ3n) is 7.54. The molecule has 1 unspecified atom stereocenters. The molecule has 2 amide bonds. The van der Waals surface area contributed by atoms with E-state index in [0.717, 1.165) is 31.0 Å². The molecule has 0 radical (unpaired) electrons. The SMILES string of the molecule is CCCC(CCC)S(=O)(=O)CC(NC(=O)OC1CCOCC1)C(=O)N[C@@H](Cc1cc(F)cc(F)c1)[C@H](O)CNC1CC1. The molecular weight excluding hydrogens is 572 g/mol. The monoisotopic (exact) mass is 617 g/mol. The number of carbonyl (C=O) groups excluding carboxylic acids is 2. The summed E-state index contributed by atoms with van der Waals surface area (Å²) in [4.78, 5) is 26.4. The number of carbonyl (C=O) groups is 2. The van der Waals surface area contributed by atoms with E-state index in [2.05, 4.69) is 16.0 Å². The van der Waals surface area contributed by atoms with Gasteiger partial charge in [0, 0.05) is 31.5 Å². The minimum Gasteiger partial charge on any atom is -0.446 e. The molecule has 1 aromatic rings. The lowest BCUT2D eigenvalue weighted by molar-refractivity contribution is -0.124. The number of halogens is 2. The molecule has 1 aliphatic heterocycles. The van der Waals surface area contributed by atoms with Crippen LogP contribution in [0.5, 0.6) is 0 Å². The fourth-order valence-electron chi connectivity index (χ4n) is 5.09. The minimum absolute atomic E-state index is 0.102. The van der Waals surface area contributed by atoms with E-state index in [1.54, 1.807) is 0 Å². The van der Waals surface area contributed by atoms with Crippen molar-refractivity contribution >= 4 is 21.8 Å². The van der Waals surface area contributed by atoms with Crippen LogP contribution in [0.1, 0.15) is 70.8 Å². The van der Waals surface area contributed by atoms with Crippen molar-refractivity contribution in [2.75, 3.05) is 25.5 Å². The lowest BCUT2D eigenvalue weighted by Gasteiger charge is -2.29. The number of rotatable bonds is 17. The summed E-state index contributed by atoms with van der Waals surface area (Å²) < 4.78 is 65.4. The Morgan fingerprint density at radius 1 is 1.02 bits per heavy atom. The Kier molecular flexibility index (Phi) is 13.4. The number of benzene rings is 1. The first-order valence-electron chi connectivity index (χ1n) is 14.9. The number of amides is 2. The van der Waals surface area contributed by atoms with Gasteiger partial charge in [-0.3, -0.25) is 4.79 Å². The third kappa shape index (κ3) is 11.4. The molecule has 3 atom stereocenters. The highest BCUT2D eigenvalue weighted by Gasteiger charge is 2.35. The van der Waals surface area contributed by atoms with E-state index >= 15 is 0 Å². The molecule has 1 aromatic carbocycles. The van der Waals surface area contributed by atoms with Crippen LogP contribution < -0.4 is 16.0 Å². The molecule has 4 N–H and O–H groups in total. The molecule has 3 rings (SSSR count). The minimum atomic E-state index is -3.83. The van der Waals surface area contributed by atoms with Crippen molar-refractivity contribution in [3.8, 4) is 0 Å². The number of aliphatic hydroxyl groups is 1. The maximum atomic E-state index is 13.9. The van der Waals surface area contributed by atoms with Crippen molar-refractivity contribution in [1.82, 2.24) is 16.0 Å². The molecule has 1 aliphatic carbocycles. The van der Waals surface area contributed by atoms with Gasteiger partial charge in [0.2, 0.25) is 5.91 Å². The molecule has 1 heterocycles. The molecule has 42 heavy (non-hydrogen) atoms. The van der Waals surface area contributed by atoms with E-state index in [0.29, 0.717) is 51.7 Å². The second-order valence-corrected chi connectivity index (χ2v) is 13.6. The van der Waals surface area contributed by atoms with Crippen LogP contribution in [0, 0.1) is 11.6 Å². The molecular formula is C29H45F2N3O7S. The summed E-state index contributed by atoms with van der Waals surface area (Å²) in [6, 6.07) is 0.625. The number of hydrogen-bond donors (Lipinski definition) is 4. The first-order valence-corrected chi connectivity index (χ1v) is 16.7. The fourth-order valence-corrected chi connectivity index (χ4v) is 7.25. The Morgan fingerprint density at radius 3 is 2.21 bits per heavy atom. The van der Waals surface area contributed by atoms with E-state index in [4.69, 9.17) is 9.47 Å². The Morgan fingerprint density at radius 2 is 1.64 bits per heavy atom. The van der Waals surface area contributed by atoms with E-state index in [9.17, 15) is 31.9 Å². The third-order valence-corrected chi connectivity index (χ3v) is 9.83. The molecule has 1 saturated carbocycles. The van der Waals surface area contributed by atoms with E-state index in [1.807, 2.05) is 13.8 Å². The van der Waals surface area contributed by atoms with Crippen molar-refractivity contribution in [1.29, 1.82) is 0 Å². The second-order valence-electron chi connectivity index (χ2n) is 11.3. The van der Waals surface area contributed by atoms with Gasteiger partial charge in [0.15, 0.2) is 9.84 Å². The smallest absolute Gasteiger partial charge is 0.408 e. The summed E-state index contributed by atoms with van der Waals surface area (Å²) in [6.07, 6.45) is 2.29. The summed E-state index contributed by atoms with van der Waals surface area (Å²) in [5, 5.41) is 18.5. The zero-order valence-electron chi connectivity index (χ0n) is 24.4. The van der Waals surface area contributed by atoms with Gasteiger partial charge < -0.3 is 30.5 Å². The molecule has 2 fully saturated rings. The van der Waals surface area contributed by atoms with Gasteiger partial charge in [0.05, 0.1) is 36.4 Å². The van der Waals surface area contributed by atoms with Crippen molar-refractivity contribution < 1.29 is 41.4 Å². The van der Waals surface area contributed by atoms with E-state index in [1.165, 1.54) is 0 Å². The zero-order valence-corrected chi connectivity index (χ0v) is 25.3. The second kappa shape index (κ2) is 16.5. The molecule has 13 heteroatoms. The van der Waals surface area contributed by atoms with Gasteiger partial charge in [-0.25, -0.2) is 22.0 Å². The molecule has 238 valence electrons. The fraction of sp³-hybridized carbons (Fsp3) is 0.724. The van der Waals surface area contributed by atoms with Crippen LogP contribution in [0.4, 0.5) is 13.6 Å². The normalized spacial score (nSPS) is 18.3. The highest BCUT2D eigenvalue weighted by atomic mass is 32.2. The maximum absolute atomic E-state index is 13.9. The Hall–Kier alpha value is -2.35. The molecule has 10 nitrogen and oxygen atoms in total. The lowest BCUT2D eigenvalue weighted by Crippen LogP contribution is -2.57. The Balaban J connectivity index is 1.81. The van der Waals surface area contributed by atoms with Crippen molar-refractivity contribution in [2.24, 2.45) is 0 Å². The Labute approximate surface area is 247 Å². The lowest BCUT2D eigenvalue weighted by atomic mass is 10.00.